The highest BCUT2D eigenvalue weighted by Gasteiger charge is 2.51. The molecule has 0 aromatic heterocycles. The lowest BCUT2D eigenvalue weighted by Crippen LogP contribution is -2.32. The van der Waals surface area contributed by atoms with Crippen molar-refractivity contribution in [1.29, 1.82) is 0 Å². The van der Waals surface area contributed by atoms with E-state index >= 15 is 0 Å². The molecule has 0 N–H and O–H groups in total. The van der Waals surface area contributed by atoms with Gasteiger partial charge in [0.25, 0.3) is 0 Å². The molecule has 0 amide bonds. The molecular weight excluding hydrogens is 462 g/mol. The van der Waals surface area contributed by atoms with Crippen molar-refractivity contribution in [2.45, 2.75) is 25.3 Å². The van der Waals surface area contributed by atoms with Gasteiger partial charge in [-0.25, -0.2) is 0 Å². The lowest BCUT2D eigenvalue weighted by molar-refractivity contribution is 0.436. The van der Waals surface area contributed by atoms with Crippen LogP contribution in [0, 0.1) is 0 Å². The van der Waals surface area contributed by atoms with Gasteiger partial charge in [-0.2, -0.15) is 0 Å². The van der Waals surface area contributed by atoms with Gasteiger partial charge in [0.1, 0.15) is 11.5 Å². The fraction of sp³-hybridized carbons (Fsp3) is 0.111. The highest BCUT2D eigenvalue weighted by Crippen LogP contribution is 2.62. The number of benzene rings is 5. The third-order valence-electron chi connectivity index (χ3n) is 8.03. The number of nitrogens with zero attached hydrogens (tertiary/aromatic N) is 1. The summed E-state index contributed by atoms with van der Waals surface area (Å²) in [6.07, 6.45) is 1.89. The normalized spacial score (nSPS) is 13.8. The Labute approximate surface area is 224 Å². The molecule has 1 aliphatic heterocycles. The summed E-state index contributed by atoms with van der Waals surface area (Å²) in [5, 5.41) is 0. The van der Waals surface area contributed by atoms with Gasteiger partial charge in [0.05, 0.1) is 5.41 Å². The van der Waals surface area contributed by atoms with Crippen LogP contribution in [0.2, 0.25) is 0 Å². The molecule has 1 heterocycles. The SMILES string of the molecule is C=Cc1ccc(N(c2ccc3c(c2)C2(c4ccccc4Oc4ccccc42)c2ccccc2-3)C(C)C)cc1. The standard InChI is InChI=1S/C36H29NO/c1-4-25-17-19-26(20-18-25)37(24(2)3)27-21-22-29-28-11-5-6-12-30(28)36(33(29)23-27)31-13-7-9-15-34(31)38-35-16-10-8-14-32(35)36/h4-24H,1H2,2-3H3. The van der Waals surface area contributed by atoms with Crippen LogP contribution in [-0.4, -0.2) is 6.04 Å². The van der Waals surface area contributed by atoms with Crippen LogP contribution >= 0.6 is 0 Å². The van der Waals surface area contributed by atoms with E-state index in [2.05, 4.69) is 141 Å². The number of fused-ring (bicyclic) bond motifs is 9. The molecule has 1 spiro atoms. The Morgan fingerprint density at radius 3 is 1.82 bits per heavy atom. The Hall–Kier alpha value is -4.56. The molecular formula is C36H29NO. The molecule has 1 aliphatic carbocycles. The van der Waals surface area contributed by atoms with Gasteiger partial charge in [-0.1, -0.05) is 91.5 Å². The molecule has 2 aliphatic rings. The molecule has 38 heavy (non-hydrogen) atoms. The van der Waals surface area contributed by atoms with Gasteiger partial charge in [-0.05, 0) is 78.1 Å². The smallest absolute Gasteiger partial charge is 0.132 e. The molecule has 5 aromatic carbocycles. The minimum Gasteiger partial charge on any atom is -0.457 e. The van der Waals surface area contributed by atoms with Crippen molar-refractivity contribution in [2.75, 3.05) is 4.90 Å². The zero-order valence-corrected chi connectivity index (χ0v) is 21.7. The van der Waals surface area contributed by atoms with Gasteiger partial charge in [-0.3, -0.25) is 0 Å². The fourth-order valence-electron chi connectivity index (χ4n) is 6.51. The number of hydrogen-bond acceptors (Lipinski definition) is 2. The van der Waals surface area contributed by atoms with E-state index in [9.17, 15) is 0 Å². The zero-order valence-electron chi connectivity index (χ0n) is 21.7. The predicted molar refractivity (Wildman–Crippen MR) is 158 cm³/mol. The first-order valence-corrected chi connectivity index (χ1v) is 13.3. The van der Waals surface area contributed by atoms with E-state index in [0.29, 0.717) is 0 Å². The number of para-hydroxylation sites is 2. The summed E-state index contributed by atoms with van der Waals surface area (Å²) in [6, 6.07) is 41.8. The monoisotopic (exact) mass is 491 g/mol. The van der Waals surface area contributed by atoms with Crippen molar-refractivity contribution in [2.24, 2.45) is 0 Å². The highest BCUT2D eigenvalue weighted by atomic mass is 16.5. The first-order valence-electron chi connectivity index (χ1n) is 13.3. The molecule has 0 bridgehead atoms. The summed E-state index contributed by atoms with van der Waals surface area (Å²) < 4.78 is 6.48. The number of rotatable bonds is 4. The van der Waals surface area contributed by atoms with Crippen molar-refractivity contribution < 1.29 is 4.74 Å². The van der Waals surface area contributed by atoms with Gasteiger partial charge in [0.15, 0.2) is 0 Å². The molecule has 0 atom stereocenters. The maximum atomic E-state index is 6.48. The Morgan fingerprint density at radius 2 is 1.18 bits per heavy atom. The molecule has 7 rings (SSSR count). The molecule has 0 saturated carbocycles. The van der Waals surface area contributed by atoms with E-state index in [1.807, 2.05) is 6.08 Å². The van der Waals surface area contributed by atoms with Crippen molar-refractivity contribution in [3.63, 3.8) is 0 Å². The second-order valence-corrected chi connectivity index (χ2v) is 10.4. The van der Waals surface area contributed by atoms with Gasteiger partial charge >= 0.3 is 0 Å². The van der Waals surface area contributed by atoms with Crippen LogP contribution in [0.15, 0.2) is 122 Å². The molecule has 0 radical (unpaired) electrons. The lowest BCUT2D eigenvalue weighted by atomic mass is 9.66. The minimum absolute atomic E-state index is 0.275. The van der Waals surface area contributed by atoms with Gasteiger partial charge in [0.2, 0.25) is 0 Å². The van der Waals surface area contributed by atoms with Gasteiger partial charge < -0.3 is 9.64 Å². The second-order valence-electron chi connectivity index (χ2n) is 10.4. The largest absolute Gasteiger partial charge is 0.457 e. The minimum atomic E-state index is -0.456. The highest BCUT2D eigenvalue weighted by molar-refractivity contribution is 5.90. The van der Waals surface area contributed by atoms with Crippen LogP contribution in [0.5, 0.6) is 11.5 Å². The summed E-state index contributed by atoms with van der Waals surface area (Å²) >= 11 is 0. The Morgan fingerprint density at radius 1 is 0.632 bits per heavy atom. The third kappa shape index (κ3) is 3.07. The van der Waals surface area contributed by atoms with E-state index in [0.717, 1.165) is 17.1 Å². The van der Waals surface area contributed by atoms with Crippen LogP contribution in [0.1, 0.15) is 41.7 Å². The van der Waals surface area contributed by atoms with Crippen molar-refractivity contribution in [3.8, 4) is 22.6 Å². The Balaban J connectivity index is 1.53. The number of ether oxygens (including phenoxy) is 1. The fourth-order valence-corrected chi connectivity index (χ4v) is 6.51. The first-order chi connectivity index (χ1) is 18.6. The third-order valence-corrected chi connectivity index (χ3v) is 8.03. The average molecular weight is 492 g/mol. The van der Waals surface area contributed by atoms with E-state index in [1.165, 1.54) is 44.8 Å². The summed E-state index contributed by atoms with van der Waals surface area (Å²) in [5.74, 6) is 1.83. The van der Waals surface area contributed by atoms with E-state index < -0.39 is 5.41 Å². The summed E-state index contributed by atoms with van der Waals surface area (Å²) in [7, 11) is 0. The Bertz CT molecular complexity index is 1650. The summed E-state index contributed by atoms with van der Waals surface area (Å²) in [6.45, 7) is 8.42. The first kappa shape index (κ1) is 22.6. The number of anilines is 2. The van der Waals surface area contributed by atoms with Crippen molar-refractivity contribution in [3.05, 3.63) is 150 Å². The van der Waals surface area contributed by atoms with E-state index in [4.69, 9.17) is 4.74 Å². The van der Waals surface area contributed by atoms with Gasteiger partial charge in [-0.15, -0.1) is 0 Å². The maximum Gasteiger partial charge on any atom is 0.132 e. The van der Waals surface area contributed by atoms with Crippen molar-refractivity contribution in [1.82, 2.24) is 0 Å². The van der Waals surface area contributed by atoms with Gasteiger partial charge in [0, 0.05) is 28.5 Å². The zero-order chi connectivity index (χ0) is 25.9. The molecule has 2 nitrogen and oxygen atoms in total. The van der Waals surface area contributed by atoms with Crippen LogP contribution in [-0.2, 0) is 5.41 Å². The van der Waals surface area contributed by atoms with Crippen LogP contribution in [0.4, 0.5) is 11.4 Å². The molecule has 0 unspecified atom stereocenters. The molecule has 2 heteroatoms. The van der Waals surface area contributed by atoms with E-state index in [-0.39, 0.29) is 6.04 Å². The molecule has 184 valence electrons. The topological polar surface area (TPSA) is 12.5 Å². The van der Waals surface area contributed by atoms with Crippen LogP contribution in [0.25, 0.3) is 17.2 Å². The number of hydrogen-bond donors (Lipinski definition) is 0. The predicted octanol–water partition coefficient (Wildman–Crippen LogP) is 9.34. The average Bonchev–Trinajstić information content (AvgIpc) is 3.24. The Kier molecular flexibility index (Phi) is 5.06. The summed E-state index contributed by atoms with van der Waals surface area (Å²) in [4.78, 5) is 2.42. The molecule has 0 saturated heterocycles. The maximum absolute atomic E-state index is 6.48. The molecule has 5 aromatic rings. The van der Waals surface area contributed by atoms with Crippen LogP contribution in [0.3, 0.4) is 0 Å². The van der Waals surface area contributed by atoms with Crippen LogP contribution < -0.4 is 9.64 Å². The second kappa shape index (κ2) is 8.49. The molecule has 0 fully saturated rings. The van der Waals surface area contributed by atoms with Crippen molar-refractivity contribution >= 4 is 17.5 Å². The summed E-state index contributed by atoms with van der Waals surface area (Å²) in [5.41, 5.74) is 10.6. The van der Waals surface area contributed by atoms with E-state index in [1.54, 1.807) is 0 Å². The quantitative estimate of drug-likeness (QED) is 0.243. The lowest BCUT2D eigenvalue weighted by Gasteiger charge is -2.40.